The highest BCUT2D eigenvalue weighted by molar-refractivity contribution is 6.31. The van der Waals surface area contributed by atoms with Crippen molar-refractivity contribution in [2.24, 2.45) is 0 Å². The van der Waals surface area contributed by atoms with Gasteiger partial charge in [0.1, 0.15) is 17.3 Å². The van der Waals surface area contributed by atoms with Crippen molar-refractivity contribution in [3.8, 4) is 11.5 Å². The van der Waals surface area contributed by atoms with Crippen molar-refractivity contribution in [3.63, 3.8) is 0 Å². The molecule has 0 atom stereocenters. The molecule has 2 aromatic carbocycles. The van der Waals surface area contributed by atoms with Gasteiger partial charge < -0.3 is 14.5 Å². The van der Waals surface area contributed by atoms with Crippen LogP contribution in [0.25, 0.3) is 10.9 Å². The molecular weight excluding hydrogens is 354 g/mol. The molecule has 0 radical (unpaired) electrons. The minimum atomic E-state index is -0.169. The molecule has 0 saturated carbocycles. The van der Waals surface area contributed by atoms with Crippen molar-refractivity contribution in [3.05, 3.63) is 63.2 Å². The number of nitrogens with zero attached hydrogens (tertiary/aromatic N) is 2. The summed E-state index contributed by atoms with van der Waals surface area (Å²) in [5.74, 6) is 2.08. The molecule has 0 aliphatic heterocycles. The van der Waals surface area contributed by atoms with E-state index in [1.54, 1.807) is 32.4 Å². The molecule has 1 N–H and O–H groups in total. The third kappa shape index (κ3) is 3.98. The van der Waals surface area contributed by atoms with Crippen LogP contribution in [0.2, 0.25) is 5.02 Å². The molecule has 26 heavy (non-hydrogen) atoms. The molecule has 0 bridgehead atoms. The van der Waals surface area contributed by atoms with Crippen molar-refractivity contribution in [2.45, 2.75) is 13.1 Å². The highest BCUT2D eigenvalue weighted by Gasteiger charge is 2.11. The maximum Gasteiger partial charge on any atom is 0.258 e. The van der Waals surface area contributed by atoms with Gasteiger partial charge >= 0.3 is 0 Å². The van der Waals surface area contributed by atoms with Gasteiger partial charge in [0.15, 0.2) is 0 Å². The van der Waals surface area contributed by atoms with Crippen LogP contribution in [0.3, 0.4) is 0 Å². The summed E-state index contributed by atoms with van der Waals surface area (Å²) >= 11 is 6.01. The zero-order valence-electron chi connectivity index (χ0n) is 14.9. The normalized spacial score (nSPS) is 11.1. The summed E-state index contributed by atoms with van der Waals surface area (Å²) in [5.41, 5.74) is 1.44. The molecule has 6 nitrogen and oxygen atoms in total. The first-order chi connectivity index (χ1) is 12.5. The number of H-pyrrole nitrogens is 1. The first-order valence-electron chi connectivity index (χ1n) is 8.08. The van der Waals surface area contributed by atoms with E-state index in [1.807, 2.05) is 30.1 Å². The SMILES string of the molecule is COc1ccc(CN(C)Cc2nc3cc(Cl)ccc3c(=O)[nH]2)c(OC)c1. The van der Waals surface area contributed by atoms with E-state index in [1.165, 1.54) is 0 Å². The van der Waals surface area contributed by atoms with E-state index in [-0.39, 0.29) is 5.56 Å². The van der Waals surface area contributed by atoms with E-state index in [4.69, 9.17) is 21.1 Å². The van der Waals surface area contributed by atoms with E-state index >= 15 is 0 Å². The Bertz CT molecular complexity index is 987. The van der Waals surface area contributed by atoms with Gasteiger partial charge in [-0.1, -0.05) is 17.7 Å². The average Bonchev–Trinajstić information content (AvgIpc) is 2.61. The van der Waals surface area contributed by atoms with Gasteiger partial charge in [0.2, 0.25) is 0 Å². The fraction of sp³-hybridized carbons (Fsp3) is 0.263. The smallest absolute Gasteiger partial charge is 0.258 e. The largest absolute Gasteiger partial charge is 0.497 e. The van der Waals surface area contributed by atoms with Crippen molar-refractivity contribution < 1.29 is 9.47 Å². The molecule has 3 aromatic rings. The second kappa shape index (κ2) is 7.76. The lowest BCUT2D eigenvalue weighted by atomic mass is 10.1. The maximum absolute atomic E-state index is 12.2. The molecule has 0 saturated heterocycles. The lowest BCUT2D eigenvalue weighted by Gasteiger charge is -2.18. The average molecular weight is 374 g/mol. The summed E-state index contributed by atoms with van der Waals surface area (Å²) in [6.45, 7) is 1.11. The second-order valence-corrected chi connectivity index (χ2v) is 6.46. The third-order valence-corrected chi connectivity index (χ3v) is 4.31. The van der Waals surface area contributed by atoms with Crippen LogP contribution in [0, 0.1) is 0 Å². The van der Waals surface area contributed by atoms with Crippen molar-refractivity contribution in [2.75, 3.05) is 21.3 Å². The van der Waals surface area contributed by atoms with Crippen molar-refractivity contribution in [1.82, 2.24) is 14.9 Å². The summed E-state index contributed by atoms with van der Waals surface area (Å²) in [7, 11) is 5.20. The topological polar surface area (TPSA) is 67.5 Å². The summed E-state index contributed by atoms with van der Waals surface area (Å²) < 4.78 is 10.7. The molecule has 0 spiro atoms. The van der Waals surface area contributed by atoms with Gasteiger partial charge in [0.05, 0.1) is 31.7 Å². The summed E-state index contributed by atoms with van der Waals surface area (Å²) in [5, 5.41) is 1.08. The quantitative estimate of drug-likeness (QED) is 0.718. The molecule has 0 unspecified atom stereocenters. The van der Waals surface area contributed by atoms with Gasteiger partial charge in [-0.25, -0.2) is 4.98 Å². The number of hydrogen-bond acceptors (Lipinski definition) is 5. The number of aromatic nitrogens is 2. The lowest BCUT2D eigenvalue weighted by Crippen LogP contribution is -2.22. The molecule has 1 heterocycles. The van der Waals surface area contributed by atoms with Crippen LogP contribution in [0.5, 0.6) is 11.5 Å². The number of halogens is 1. The molecule has 7 heteroatoms. The van der Waals surface area contributed by atoms with Gasteiger partial charge in [-0.05, 0) is 31.3 Å². The Morgan fingerprint density at radius 2 is 1.92 bits per heavy atom. The highest BCUT2D eigenvalue weighted by Crippen LogP contribution is 2.25. The molecule has 1 aromatic heterocycles. The summed E-state index contributed by atoms with van der Waals surface area (Å²) in [6, 6.07) is 10.8. The van der Waals surface area contributed by atoms with E-state index in [0.717, 1.165) is 17.1 Å². The van der Waals surface area contributed by atoms with Crippen LogP contribution >= 0.6 is 11.6 Å². The number of methoxy groups -OCH3 is 2. The Hall–Kier alpha value is -2.57. The maximum atomic E-state index is 12.2. The van der Waals surface area contributed by atoms with Gasteiger partial charge in [0, 0.05) is 23.2 Å². The third-order valence-electron chi connectivity index (χ3n) is 4.07. The van der Waals surface area contributed by atoms with Crippen LogP contribution in [0.1, 0.15) is 11.4 Å². The number of benzene rings is 2. The van der Waals surface area contributed by atoms with Gasteiger partial charge in [-0.3, -0.25) is 9.69 Å². The van der Waals surface area contributed by atoms with E-state index < -0.39 is 0 Å². The number of hydrogen-bond donors (Lipinski definition) is 1. The molecule has 0 aliphatic carbocycles. The van der Waals surface area contributed by atoms with E-state index in [9.17, 15) is 4.79 Å². The van der Waals surface area contributed by atoms with Gasteiger partial charge in [-0.15, -0.1) is 0 Å². The Kier molecular flexibility index (Phi) is 5.44. The molecule has 0 fully saturated rings. The number of aromatic amines is 1. The van der Waals surface area contributed by atoms with Crippen LogP contribution in [0.15, 0.2) is 41.2 Å². The number of rotatable bonds is 6. The molecule has 0 aliphatic rings. The first-order valence-corrected chi connectivity index (χ1v) is 8.46. The number of fused-ring (bicyclic) bond motifs is 1. The Morgan fingerprint density at radius 1 is 1.12 bits per heavy atom. The van der Waals surface area contributed by atoms with E-state index in [0.29, 0.717) is 34.8 Å². The highest BCUT2D eigenvalue weighted by atomic mass is 35.5. The Labute approximate surface area is 156 Å². The first kappa shape index (κ1) is 18.2. The molecule has 0 amide bonds. The Balaban J connectivity index is 1.81. The fourth-order valence-electron chi connectivity index (χ4n) is 2.82. The zero-order valence-corrected chi connectivity index (χ0v) is 15.6. The predicted octanol–water partition coefficient (Wildman–Crippen LogP) is 3.23. The van der Waals surface area contributed by atoms with Crippen LogP contribution in [0.4, 0.5) is 0 Å². The van der Waals surface area contributed by atoms with Crippen LogP contribution in [-0.2, 0) is 13.1 Å². The minimum Gasteiger partial charge on any atom is -0.497 e. The standard InChI is InChI=1S/C19H20ClN3O3/c1-23(10-12-4-6-14(25-2)9-17(12)26-3)11-18-21-16-8-13(20)5-7-15(16)19(24)22-18/h4-9H,10-11H2,1-3H3,(H,21,22,24). The van der Waals surface area contributed by atoms with E-state index in [2.05, 4.69) is 9.97 Å². The Morgan fingerprint density at radius 3 is 2.65 bits per heavy atom. The predicted molar refractivity (Wildman–Crippen MR) is 102 cm³/mol. The lowest BCUT2D eigenvalue weighted by molar-refractivity contribution is 0.302. The fourth-order valence-corrected chi connectivity index (χ4v) is 2.99. The second-order valence-electron chi connectivity index (χ2n) is 6.02. The number of nitrogens with one attached hydrogen (secondary N) is 1. The number of ether oxygens (including phenoxy) is 2. The molecule has 3 rings (SSSR count). The zero-order chi connectivity index (χ0) is 18.7. The summed E-state index contributed by atoms with van der Waals surface area (Å²) in [6.07, 6.45) is 0. The van der Waals surface area contributed by atoms with Gasteiger partial charge in [-0.2, -0.15) is 0 Å². The minimum absolute atomic E-state index is 0.169. The monoisotopic (exact) mass is 373 g/mol. The molecular formula is C19H20ClN3O3. The van der Waals surface area contributed by atoms with Crippen molar-refractivity contribution >= 4 is 22.5 Å². The van der Waals surface area contributed by atoms with Crippen LogP contribution < -0.4 is 15.0 Å². The van der Waals surface area contributed by atoms with Crippen molar-refractivity contribution in [1.29, 1.82) is 0 Å². The van der Waals surface area contributed by atoms with Gasteiger partial charge in [0.25, 0.3) is 5.56 Å². The molecule has 136 valence electrons. The van der Waals surface area contributed by atoms with Crippen LogP contribution in [-0.4, -0.2) is 36.1 Å². The summed E-state index contributed by atoms with van der Waals surface area (Å²) in [4.78, 5) is 21.6.